The molecule has 0 fully saturated rings. The molecule has 218 valence electrons. The summed E-state index contributed by atoms with van der Waals surface area (Å²) in [6.07, 6.45) is 0. The van der Waals surface area contributed by atoms with E-state index in [1.807, 2.05) is 0 Å². The first-order valence-corrected chi connectivity index (χ1v) is 16.8. The van der Waals surface area contributed by atoms with Crippen molar-refractivity contribution in [2.24, 2.45) is 0 Å². The van der Waals surface area contributed by atoms with Gasteiger partial charge in [0, 0.05) is 0 Å². The molecule has 0 radical (unpaired) electrons. The predicted molar refractivity (Wildman–Crippen MR) is 187 cm³/mol. The summed E-state index contributed by atoms with van der Waals surface area (Å²) < 4.78 is 10.5. The van der Waals surface area contributed by atoms with E-state index in [1.54, 1.807) is 18.2 Å². The molecule has 5 aromatic rings. The molecule has 6 nitrogen and oxygen atoms in total. The molecule has 0 heterocycles. The number of benzene rings is 5. The van der Waals surface area contributed by atoms with Crippen LogP contribution in [0.1, 0.15) is 0 Å². The van der Waals surface area contributed by atoms with Crippen molar-refractivity contribution < 1.29 is 29.0 Å². The Morgan fingerprint density at radius 1 is 0.439 bits per heavy atom. The Morgan fingerprint density at radius 2 is 0.634 bits per heavy atom. The molecule has 11 heteroatoms. The van der Waals surface area contributed by atoms with Crippen molar-refractivity contribution in [3.63, 3.8) is 0 Å². The summed E-state index contributed by atoms with van der Waals surface area (Å²) in [5.41, 5.74) is 0. The van der Waals surface area contributed by atoms with Gasteiger partial charge in [-0.1, -0.05) is 18.2 Å². The van der Waals surface area contributed by atoms with E-state index in [0.29, 0.717) is 0 Å². The molecule has 0 saturated carbocycles. The Balaban J connectivity index is 0.000000442. The van der Waals surface area contributed by atoms with Crippen molar-refractivity contribution in [2.45, 2.75) is 0 Å². The topological polar surface area (TPSA) is 118 Å². The maximum atomic E-state index is 10.5. The summed E-state index contributed by atoms with van der Waals surface area (Å²) in [5.74, 6) is 0. The molecule has 0 aromatic heterocycles. The van der Waals surface area contributed by atoms with Gasteiger partial charge < -0.3 is 24.5 Å². The van der Waals surface area contributed by atoms with Crippen LogP contribution in [-0.2, 0) is 4.57 Å². The van der Waals surface area contributed by atoms with Crippen molar-refractivity contribution in [1.29, 1.82) is 0 Å². The van der Waals surface area contributed by atoms with Gasteiger partial charge >= 0.3 is 166 Å². The molecule has 0 spiro atoms. The average molecular weight is 648 g/mol. The zero-order chi connectivity index (χ0) is 28.1. The maximum absolute atomic E-state index is 10.5. The quantitative estimate of drug-likeness (QED) is 0.185. The molecule has 0 aliphatic heterocycles. The van der Waals surface area contributed by atoms with E-state index in [-0.39, 0.29) is 25.1 Å². The number of hydrogen-bond acceptors (Lipinski definition) is 4. The summed E-state index contributed by atoms with van der Waals surface area (Å²) in [4.78, 5) is 38.9. The van der Waals surface area contributed by atoms with Gasteiger partial charge in [0.2, 0.25) is 0 Å². The fourth-order valence-corrected chi connectivity index (χ4v) is 9.71. The first-order valence-electron chi connectivity index (χ1n) is 12.0. The minimum absolute atomic E-state index is 0. The Morgan fingerprint density at radius 3 is 0.805 bits per heavy atom. The number of rotatable bonds is 5. The van der Waals surface area contributed by atoms with E-state index >= 15 is 0 Å². The molecule has 2 atom stereocenters. The van der Waals surface area contributed by atoms with Gasteiger partial charge in [-0.15, -0.1) is 0 Å². The summed E-state index contributed by atoms with van der Waals surface area (Å²) in [6.45, 7) is 0. The second kappa shape index (κ2) is 18.4. The SMILES string of the molecule is O=P(O)(O)c1ccccc1.OP(O)O.P.P.c1ccc([PH](c2ccccc2)(c2ccccc2)c2ccccc2)cc1. The van der Waals surface area contributed by atoms with Crippen LogP contribution >= 0.6 is 43.3 Å². The monoisotopic (exact) mass is 648 g/mol. The van der Waals surface area contributed by atoms with Crippen LogP contribution in [0.4, 0.5) is 0 Å². The van der Waals surface area contributed by atoms with Gasteiger partial charge in [-0.25, -0.2) is 0 Å². The Kier molecular flexibility index (Phi) is 16.6. The van der Waals surface area contributed by atoms with Crippen molar-refractivity contribution in [1.82, 2.24) is 0 Å². The molecule has 5 aromatic carbocycles. The fourth-order valence-electron chi connectivity index (χ4n) is 4.37. The first-order chi connectivity index (χ1) is 18.8. The van der Waals surface area contributed by atoms with E-state index in [1.165, 1.54) is 33.4 Å². The van der Waals surface area contributed by atoms with Crippen LogP contribution in [-0.4, -0.2) is 24.5 Å². The third-order valence-corrected chi connectivity index (χ3v) is 11.7. The normalized spacial score (nSPS) is 10.9. The molecular formula is C30H37O6P5. The molecule has 0 aliphatic rings. The van der Waals surface area contributed by atoms with Crippen LogP contribution in [0.3, 0.4) is 0 Å². The van der Waals surface area contributed by atoms with Gasteiger partial charge in [0.05, 0.1) is 5.30 Å². The van der Waals surface area contributed by atoms with Gasteiger partial charge in [-0.2, -0.15) is 19.8 Å². The van der Waals surface area contributed by atoms with E-state index < -0.39 is 23.5 Å². The predicted octanol–water partition coefficient (Wildman–Crippen LogP) is 3.83. The van der Waals surface area contributed by atoms with Crippen molar-refractivity contribution >= 4 is 69.8 Å². The van der Waals surface area contributed by atoms with E-state index in [0.717, 1.165) is 0 Å². The Bertz CT molecular complexity index is 1260. The van der Waals surface area contributed by atoms with Gasteiger partial charge in [-0.3, -0.25) is 4.57 Å². The molecular weight excluding hydrogens is 611 g/mol. The fraction of sp³-hybridized carbons (Fsp3) is 0. The van der Waals surface area contributed by atoms with Gasteiger partial charge in [0.1, 0.15) is 0 Å². The molecule has 5 N–H and O–H groups in total. The summed E-state index contributed by atoms with van der Waals surface area (Å²) in [6, 6.07) is 51.7. The molecule has 0 saturated heterocycles. The number of hydrogen-bond donors (Lipinski definition) is 5. The first kappa shape index (κ1) is 36.9. The average Bonchev–Trinajstić information content (AvgIpc) is 2.96. The van der Waals surface area contributed by atoms with Gasteiger partial charge in [-0.05, 0) is 12.1 Å². The molecule has 0 aliphatic carbocycles. The van der Waals surface area contributed by atoms with Crippen LogP contribution in [0.5, 0.6) is 0 Å². The zero-order valence-corrected chi connectivity index (χ0v) is 28.0. The standard InChI is InChI=1S/C24H21P.C6H7O3P.H3O3P.2H3P/c1-5-13-21(14-6-1)25(22-15-7-2-8-16-22,23-17-9-3-10-18-23)24-19-11-4-12-20-24;7-10(8,9)6-4-2-1-3-5-6;1-4(2)3;;/h1-20,25H;1-5H,(H2,7,8,9);1-3H;2*1H3. The van der Waals surface area contributed by atoms with Gasteiger partial charge in [0.25, 0.3) is 0 Å². The third-order valence-electron chi connectivity index (χ3n) is 5.92. The van der Waals surface area contributed by atoms with Crippen LogP contribution in [0.15, 0.2) is 152 Å². The van der Waals surface area contributed by atoms with Crippen LogP contribution < -0.4 is 26.5 Å². The Labute approximate surface area is 249 Å². The molecule has 2 unspecified atom stereocenters. The Hall–Kier alpha value is -2.15. The van der Waals surface area contributed by atoms with Crippen molar-refractivity contribution in [3.05, 3.63) is 152 Å². The minimum atomic E-state index is -4.02. The van der Waals surface area contributed by atoms with E-state index in [4.69, 9.17) is 24.5 Å². The molecule has 0 amide bonds. The van der Waals surface area contributed by atoms with Crippen LogP contribution in [0.25, 0.3) is 0 Å². The second-order valence-corrected chi connectivity index (χ2v) is 14.3. The summed E-state index contributed by atoms with van der Waals surface area (Å²) in [5, 5.41) is 5.73. The van der Waals surface area contributed by atoms with Crippen LogP contribution in [0.2, 0.25) is 0 Å². The summed E-state index contributed by atoms with van der Waals surface area (Å²) >= 11 is 0. The van der Waals surface area contributed by atoms with Crippen molar-refractivity contribution in [2.75, 3.05) is 0 Å². The van der Waals surface area contributed by atoms with Crippen LogP contribution in [0, 0.1) is 0 Å². The zero-order valence-electron chi connectivity index (χ0n) is 22.4. The molecule has 0 bridgehead atoms. The third kappa shape index (κ3) is 10.6. The van der Waals surface area contributed by atoms with E-state index in [9.17, 15) is 4.57 Å². The van der Waals surface area contributed by atoms with Crippen molar-refractivity contribution in [3.8, 4) is 0 Å². The van der Waals surface area contributed by atoms with E-state index in [2.05, 4.69) is 121 Å². The molecule has 5 rings (SSSR count). The summed E-state index contributed by atoms with van der Waals surface area (Å²) in [7, 11) is -8.94. The molecule has 41 heavy (non-hydrogen) atoms. The second-order valence-electron chi connectivity index (χ2n) is 8.36. The van der Waals surface area contributed by atoms with Gasteiger partial charge in [0.15, 0.2) is 0 Å².